The highest BCUT2D eigenvalue weighted by Gasteiger charge is 1.95. The van der Waals surface area contributed by atoms with Crippen molar-refractivity contribution >= 4 is 0 Å². The summed E-state index contributed by atoms with van der Waals surface area (Å²) in [5.41, 5.74) is 0. The van der Waals surface area contributed by atoms with Crippen LogP contribution in [0.3, 0.4) is 0 Å². The van der Waals surface area contributed by atoms with Crippen molar-refractivity contribution in [2.24, 2.45) is 0 Å². The molecule has 0 aromatic rings. The van der Waals surface area contributed by atoms with E-state index in [0.717, 1.165) is 19.1 Å². The molecule has 0 aliphatic carbocycles. The zero-order valence-electron chi connectivity index (χ0n) is 11.5. The van der Waals surface area contributed by atoms with E-state index in [1.807, 2.05) is 0 Å². The predicted molar refractivity (Wildman–Crippen MR) is 74.4 cm³/mol. The van der Waals surface area contributed by atoms with E-state index in [9.17, 15) is 0 Å². The molecule has 2 heteroatoms. The number of rotatable bonds is 12. The molecule has 2 nitrogen and oxygen atoms in total. The van der Waals surface area contributed by atoms with Crippen molar-refractivity contribution in [2.75, 3.05) is 0 Å². The van der Waals surface area contributed by atoms with Crippen molar-refractivity contribution in [1.29, 1.82) is 0 Å². The molecule has 0 amide bonds. The van der Waals surface area contributed by atoms with Crippen molar-refractivity contribution in [3.05, 3.63) is 12.0 Å². The van der Waals surface area contributed by atoms with Gasteiger partial charge in [0.05, 0.1) is 0 Å². The molecule has 17 heavy (non-hydrogen) atoms. The van der Waals surface area contributed by atoms with E-state index in [1.165, 1.54) is 57.8 Å². The number of unbranched alkanes of at least 4 members (excludes halogenated alkanes) is 10. The molecule has 0 radical (unpaired) electrons. The van der Waals surface area contributed by atoms with Crippen LogP contribution in [0, 0.1) is 0 Å². The first kappa shape index (κ1) is 16.3. The van der Waals surface area contributed by atoms with E-state index >= 15 is 0 Å². The standard InChI is InChI=1S/C15H30O2/c1-2-3-4-5-6-7-8-9-10-11-12-13-15(17)14-16/h14,16-17H,2-13H2,1H3. The Hall–Kier alpha value is -0.660. The van der Waals surface area contributed by atoms with Gasteiger partial charge in [-0.15, -0.1) is 0 Å². The lowest BCUT2D eigenvalue weighted by Crippen LogP contribution is -1.84. The molecule has 0 aromatic heterocycles. The molecule has 0 atom stereocenters. The number of allylic oxidation sites excluding steroid dienone is 1. The van der Waals surface area contributed by atoms with Gasteiger partial charge in [-0.05, 0) is 6.42 Å². The lowest BCUT2D eigenvalue weighted by molar-refractivity contribution is 0.338. The van der Waals surface area contributed by atoms with Crippen molar-refractivity contribution < 1.29 is 10.2 Å². The fraction of sp³-hybridized carbons (Fsp3) is 0.867. The van der Waals surface area contributed by atoms with Crippen LogP contribution in [0.2, 0.25) is 0 Å². The molecule has 0 aromatic carbocycles. The fourth-order valence-corrected chi connectivity index (χ4v) is 2.03. The molecular formula is C15H30O2. The van der Waals surface area contributed by atoms with Crippen molar-refractivity contribution in [3.63, 3.8) is 0 Å². The molecule has 0 heterocycles. The number of hydrogen-bond acceptors (Lipinski definition) is 2. The van der Waals surface area contributed by atoms with E-state index in [4.69, 9.17) is 10.2 Å². The highest BCUT2D eigenvalue weighted by molar-refractivity contribution is 4.82. The SMILES string of the molecule is CCCCCCCCCCCCCC(O)=CO. The minimum absolute atomic E-state index is 0.112. The Morgan fingerprint density at radius 1 is 0.765 bits per heavy atom. The second kappa shape index (κ2) is 13.4. The third-order valence-electron chi connectivity index (χ3n) is 3.19. The van der Waals surface area contributed by atoms with E-state index in [0.29, 0.717) is 6.42 Å². The van der Waals surface area contributed by atoms with Crippen LogP contribution < -0.4 is 0 Å². The van der Waals surface area contributed by atoms with Crippen LogP contribution in [0.25, 0.3) is 0 Å². The minimum atomic E-state index is 0.112. The summed E-state index contributed by atoms with van der Waals surface area (Å²) in [4.78, 5) is 0. The number of hydrogen-bond donors (Lipinski definition) is 2. The van der Waals surface area contributed by atoms with Crippen LogP contribution in [-0.2, 0) is 0 Å². The smallest absolute Gasteiger partial charge is 0.126 e. The average molecular weight is 242 g/mol. The van der Waals surface area contributed by atoms with Gasteiger partial charge in [-0.2, -0.15) is 0 Å². The summed E-state index contributed by atoms with van der Waals surface area (Å²) in [6, 6.07) is 0. The van der Waals surface area contributed by atoms with Gasteiger partial charge in [-0.1, -0.05) is 71.1 Å². The maximum Gasteiger partial charge on any atom is 0.126 e. The first-order chi connectivity index (χ1) is 8.31. The predicted octanol–water partition coefficient (Wildman–Crippen LogP) is 5.64. The average Bonchev–Trinajstić information content (AvgIpc) is 2.35. The van der Waals surface area contributed by atoms with Gasteiger partial charge in [-0.25, -0.2) is 0 Å². The van der Waals surface area contributed by atoms with E-state index in [-0.39, 0.29) is 5.76 Å². The lowest BCUT2D eigenvalue weighted by Gasteiger charge is -2.02. The first-order valence-corrected chi connectivity index (χ1v) is 7.33. The highest BCUT2D eigenvalue weighted by Crippen LogP contribution is 2.12. The summed E-state index contributed by atoms with van der Waals surface area (Å²) in [5, 5.41) is 17.5. The van der Waals surface area contributed by atoms with Gasteiger partial charge >= 0.3 is 0 Å². The molecule has 0 bridgehead atoms. The Bertz CT molecular complexity index is 176. The van der Waals surface area contributed by atoms with Gasteiger partial charge in [0.2, 0.25) is 0 Å². The molecule has 0 aliphatic heterocycles. The Kier molecular flexibility index (Phi) is 12.9. The molecule has 0 rings (SSSR count). The Morgan fingerprint density at radius 3 is 1.59 bits per heavy atom. The van der Waals surface area contributed by atoms with Crippen LogP contribution in [0.4, 0.5) is 0 Å². The van der Waals surface area contributed by atoms with E-state index in [2.05, 4.69) is 6.92 Å². The van der Waals surface area contributed by atoms with Crippen LogP contribution >= 0.6 is 0 Å². The summed E-state index contributed by atoms with van der Waals surface area (Å²) < 4.78 is 0. The number of aliphatic hydroxyl groups is 2. The summed E-state index contributed by atoms with van der Waals surface area (Å²) >= 11 is 0. The largest absolute Gasteiger partial charge is 0.512 e. The van der Waals surface area contributed by atoms with Gasteiger partial charge in [0, 0.05) is 6.42 Å². The van der Waals surface area contributed by atoms with E-state index in [1.54, 1.807) is 0 Å². The molecule has 0 spiro atoms. The first-order valence-electron chi connectivity index (χ1n) is 7.33. The summed E-state index contributed by atoms with van der Waals surface area (Å²) in [5.74, 6) is 0.112. The van der Waals surface area contributed by atoms with Gasteiger partial charge < -0.3 is 10.2 Å². The molecule has 0 saturated heterocycles. The second-order valence-electron chi connectivity index (χ2n) is 4.91. The normalized spacial score (nSPS) is 11.9. The Balaban J connectivity index is 2.99. The molecule has 0 unspecified atom stereocenters. The van der Waals surface area contributed by atoms with Crippen molar-refractivity contribution in [3.8, 4) is 0 Å². The fourth-order valence-electron chi connectivity index (χ4n) is 2.03. The van der Waals surface area contributed by atoms with E-state index < -0.39 is 0 Å². The zero-order valence-corrected chi connectivity index (χ0v) is 11.5. The Morgan fingerprint density at radius 2 is 1.18 bits per heavy atom. The van der Waals surface area contributed by atoms with Crippen molar-refractivity contribution in [1.82, 2.24) is 0 Å². The second-order valence-corrected chi connectivity index (χ2v) is 4.91. The van der Waals surface area contributed by atoms with Gasteiger partial charge in [0.1, 0.15) is 12.0 Å². The lowest BCUT2D eigenvalue weighted by atomic mass is 10.1. The zero-order chi connectivity index (χ0) is 12.8. The summed E-state index contributed by atoms with van der Waals surface area (Å²) in [7, 11) is 0. The molecule has 102 valence electrons. The van der Waals surface area contributed by atoms with Crippen LogP contribution in [0.1, 0.15) is 84.0 Å². The van der Waals surface area contributed by atoms with Gasteiger partial charge in [0.25, 0.3) is 0 Å². The highest BCUT2D eigenvalue weighted by atomic mass is 16.3. The third kappa shape index (κ3) is 13.3. The molecule has 0 saturated carbocycles. The molecule has 0 fully saturated rings. The monoisotopic (exact) mass is 242 g/mol. The summed E-state index contributed by atoms with van der Waals surface area (Å²) in [6.45, 7) is 2.25. The van der Waals surface area contributed by atoms with Gasteiger partial charge in [0.15, 0.2) is 0 Å². The van der Waals surface area contributed by atoms with Crippen LogP contribution in [-0.4, -0.2) is 10.2 Å². The molecule has 2 N–H and O–H groups in total. The summed E-state index contributed by atoms with van der Waals surface area (Å²) in [6.07, 6.45) is 15.8. The maximum atomic E-state index is 9.01. The topological polar surface area (TPSA) is 40.5 Å². The quantitative estimate of drug-likeness (QED) is 0.343. The van der Waals surface area contributed by atoms with Crippen LogP contribution in [0.5, 0.6) is 0 Å². The van der Waals surface area contributed by atoms with Gasteiger partial charge in [-0.3, -0.25) is 0 Å². The maximum absolute atomic E-state index is 9.01. The number of aliphatic hydroxyl groups excluding tert-OH is 2. The third-order valence-corrected chi connectivity index (χ3v) is 3.19. The Labute approximate surface area is 107 Å². The van der Waals surface area contributed by atoms with Crippen LogP contribution in [0.15, 0.2) is 12.0 Å². The molecule has 0 aliphatic rings. The minimum Gasteiger partial charge on any atom is -0.512 e. The van der Waals surface area contributed by atoms with Crippen molar-refractivity contribution in [2.45, 2.75) is 84.0 Å². The molecular weight excluding hydrogens is 212 g/mol.